The van der Waals surface area contributed by atoms with Gasteiger partial charge in [0.15, 0.2) is 0 Å². The van der Waals surface area contributed by atoms with Crippen LogP contribution in [-0.4, -0.2) is 59.5 Å². The molecule has 34 heavy (non-hydrogen) atoms. The van der Waals surface area contributed by atoms with E-state index < -0.39 is 17.9 Å². The van der Waals surface area contributed by atoms with E-state index in [1.54, 1.807) is 0 Å². The second-order valence-electron chi connectivity index (χ2n) is 8.90. The molecular weight excluding hydrogens is 438 g/mol. The number of rotatable bonds is 15. The van der Waals surface area contributed by atoms with Gasteiger partial charge in [0.25, 0.3) is 0 Å². The highest BCUT2D eigenvalue weighted by Crippen LogP contribution is 2.20. The molecule has 0 spiro atoms. The zero-order valence-corrected chi connectivity index (χ0v) is 20.1. The molecule has 0 aliphatic heterocycles. The third-order valence-electron chi connectivity index (χ3n) is 5.40. The van der Waals surface area contributed by atoms with Crippen LogP contribution in [-0.2, 0) is 30.3 Å². The summed E-state index contributed by atoms with van der Waals surface area (Å²) in [4.78, 5) is 51.5. The maximum atomic E-state index is 13.1. The summed E-state index contributed by atoms with van der Waals surface area (Å²) in [6.45, 7) is 5.83. The number of ketones is 1. The van der Waals surface area contributed by atoms with Crippen LogP contribution in [0.4, 0.5) is 0 Å². The summed E-state index contributed by atoms with van der Waals surface area (Å²) in [6.07, 6.45) is 2.66. The number of H-pyrrole nitrogens is 1. The van der Waals surface area contributed by atoms with E-state index in [-0.39, 0.29) is 62.5 Å². The Bertz CT molecular complexity index is 984. The quantitative estimate of drug-likeness (QED) is 0.293. The molecule has 2 amide bonds. The van der Waals surface area contributed by atoms with Gasteiger partial charge in [0.1, 0.15) is 11.8 Å². The van der Waals surface area contributed by atoms with Crippen molar-refractivity contribution < 1.29 is 29.0 Å². The van der Waals surface area contributed by atoms with Crippen LogP contribution in [0.15, 0.2) is 30.5 Å². The zero-order valence-electron chi connectivity index (χ0n) is 20.1. The van der Waals surface area contributed by atoms with Crippen LogP contribution in [0, 0.1) is 11.8 Å². The molecule has 0 bridgehead atoms. The number of amides is 2. The topological polar surface area (TPSA) is 138 Å². The molecule has 1 aromatic heterocycles. The van der Waals surface area contributed by atoms with Gasteiger partial charge in [0.05, 0.1) is 19.6 Å². The molecule has 0 aliphatic carbocycles. The Kier molecular flexibility index (Phi) is 10.7. The van der Waals surface area contributed by atoms with Crippen molar-refractivity contribution in [2.75, 3.05) is 19.8 Å². The molecular formula is C25H35N3O6. The predicted molar refractivity (Wildman–Crippen MR) is 128 cm³/mol. The van der Waals surface area contributed by atoms with Crippen molar-refractivity contribution in [2.45, 2.75) is 52.5 Å². The number of aromatic nitrogens is 1. The number of carbonyl (C=O) groups is 4. The van der Waals surface area contributed by atoms with E-state index >= 15 is 0 Å². The summed E-state index contributed by atoms with van der Waals surface area (Å²) in [5.74, 6) is -1.99. The van der Waals surface area contributed by atoms with Crippen molar-refractivity contribution in [3.8, 4) is 0 Å². The maximum absolute atomic E-state index is 13.1. The molecule has 1 aromatic carbocycles. The summed E-state index contributed by atoms with van der Waals surface area (Å²) in [7, 11) is 0. The average molecular weight is 474 g/mol. The molecule has 0 radical (unpaired) electrons. The molecule has 0 aliphatic rings. The van der Waals surface area contributed by atoms with Gasteiger partial charge < -0.3 is 30.3 Å². The fraction of sp³-hybridized carbons (Fsp3) is 0.520. The lowest BCUT2D eigenvalue weighted by Crippen LogP contribution is -2.50. The van der Waals surface area contributed by atoms with E-state index in [0.717, 1.165) is 16.5 Å². The number of hydrogen-bond acceptors (Lipinski definition) is 5. The molecule has 9 heteroatoms. The van der Waals surface area contributed by atoms with Crippen molar-refractivity contribution in [3.63, 3.8) is 0 Å². The van der Waals surface area contributed by atoms with Crippen molar-refractivity contribution in [2.24, 2.45) is 11.8 Å². The van der Waals surface area contributed by atoms with Gasteiger partial charge in [-0.3, -0.25) is 14.4 Å². The Labute approximate surface area is 199 Å². The van der Waals surface area contributed by atoms with E-state index in [0.29, 0.717) is 6.42 Å². The van der Waals surface area contributed by atoms with Gasteiger partial charge in [-0.25, -0.2) is 0 Å². The normalized spacial score (nSPS) is 12.9. The van der Waals surface area contributed by atoms with Gasteiger partial charge in [-0.1, -0.05) is 32.0 Å². The monoisotopic (exact) mass is 473 g/mol. The average Bonchev–Trinajstić information content (AvgIpc) is 3.17. The summed E-state index contributed by atoms with van der Waals surface area (Å²) in [5, 5.41) is 15.2. The second-order valence-corrected chi connectivity index (χ2v) is 8.90. The highest BCUT2D eigenvalue weighted by Gasteiger charge is 2.27. The third kappa shape index (κ3) is 8.97. The largest absolute Gasteiger partial charge is 0.481 e. The smallest absolute Gasteiger partial charge is 0.305 e. The minimum Gasteiger partial charge on any atom is -0.481 e. The number of benzene rings is 1. The third-order valence-corrected chi connectivity index (χ3v) is 5.40. The molecule has 1 heterocycles. The first-order valence-electron chi connectivity index (χ1n) is 11.6. The van der Waals surface area contributed by atoms with E-state index in [1.807, 2.05) is 44.3 Å². The zero-order chi connectivity index (χ0) is 25.1. The molecule has 9 nitrogen and oxygen atoms in total. The second kappa shape index (κ2) is 13.5. The summed E-state index contributed by atoms with van der Waals surface area (Å²) >= 11 is 0. The van der Waals surface area contributed by atoms with E-state index in [4.69, 9.17) is 9.84 Å². The van der Waals surface area contributed by atoms with Gasteiger partial charge in [-0.2, -0.15) is 0 Å². The van der Waals surface area contributed by atoms with Crippen LogP contribution in [0.1, 0.15) is 45.6 Å². The van der Waals surface area contributed by atoms with Crippen molar-refractivity contribution in [1.29, 1.82) is 0 Å². The molecule has 2 aromatic rings. The van der Waals surface area contributed by atoms with Gasteiger partial charge in [-0.05, 0) is 30.9 Å². The first-order valence-corrected chi connectivity index (χ1v) is 11.6. The molecule has 2 rings (SSSR count). The van der Waals surface area contributed by atoms with E-state index in [2.05, 4.69) is 15.6 Å². The van der Waals surface area contributed by atoms with E-state index in [1.165, 1.54) is 6.92 Å². The number of fused-ring (bicyclic) bond motifs is 1. The highest BCUT2D eigenvalue weighted by atomic mass is 16.5. The van der Waals surface area contributed by atoms with Crippen LogP contribution in [0.5, 0.6) is 0 Å². The molecule has 0 saturated heterocycles. The number of carboxylic acids is 1. The van der Waals surface area contributed by atoms with Crippen molar-refractivity contribution >= 4 is 34.5 Å². The van der Waals surface area contributed by atoms with Gasteiger partial charge in [0, 0.05) is 42.4 Å². The van der Waals surface area contributed by atoms with Gasteiger partial charge in [-0.15, -0.1) is 0 Å². The lowest BCUT2D eigenvalue weighted by Gasteiger charge is -2.23. The number of para-hydroxylation sites is 1. The highest BCUT2D eigenvalue weighted by molar-refractivity contribution is 5.91. The Hall–Kier alpha value is -3.20. The molecule has 4 N–H and O–H groups in total. The SMILES string of the molecule is CC(=O)C[C@@H](CC(C)C)C(=O)N[C@@H](Cc1c[nH]c2ccccc12)C(=O)NCCOCCC(=O)O. The fourth-order valence-electron chi connectivity index (χ4n) is 3.85. The molecule has 0 unspecified atom stereocenters. The van der Waals surface area contributed by atoms with Crippen LogP contribution in [0.25, 0.3) is 10.9 Å². The Morgan fingerprint density at radius 2 is 1.82 bits per heavy atom. The molecule has 0 fully saturated rings. The van der Waals surface area contributed by atoms with Gasteiger partial charge >= 0.3 is 5.97 Å². The van der Waals surface area contributed by atoms with E-state index in [9.17, 15) is 19.2 Å². The Morgan fingerprint density at radius 3 is 2.50 bits per heavy atom. The maximum Gasteiger partial charge on any atom is 0.305 e. The summed E-state index contributed by atoms with van der Waals surface area (Å²) in [6, 6.07) is 6.87. The lowest BCUT2D eigenvalue weighted by atomic mass is 9.91. The number of carbonyl (C=O) groups excluding carboxylic acids is 3. The molecule has 0 saturated carbocycles. The lowest BCUT2D eigenvalue weighted by molar-refractivity contribution is -0.138. The Morgan fingerprint density at radius 1 is 1.09 bits per heavy atom. The number of hydrogen-bond donors (Lipinski definition) is 4. The number of aliphatic carboxylic acids is 1. The van der Waals surface area contributed by atoms with Crippen LogP contribution in [0.2, 0.25) is 0 Å². The van der Waals surface area contributed by atoms with Crippen LogP contribution < -0.4 is 10.6 Å². The minimum atomic E-state index is -0.952. The van der Waals surface area contributed by atoms with Crippen molar-refractivity contribution in [3.05, 3.63) is 36.0 Å². The summed E-state index contributed by atoms with van der Waals surface area (Å²) in [5.41, 5.74) is 1.82. The summed E-state index contributed by atoms with van der Waals surface area (Å²) < 4.78 is 5.22. The Balaban J connectivity index is 2.10. The minimum absolute atomic E-state index is 0.0582. The number of aromatic amines is 1. The van der Waals surface area contributed by atoms with Crippen molar-refractivity contribution in [1.82, 2.24) is 15.6 Å². The number of carboxylic acid groups (broad SMARTS) is 1. The van der Waals surface area contributed by atoms with Gasteiger partial charge in [0.2, 0.25) is 11.8 Å². The van der Waals surface area contributed by atoms with Crippen LogP contribution >= 0.6 is 0 Å². The number of ether oxygens (including phenoxy) is 1. The van der Waals surface area contributed by atoms with Crippen LogP contribution in [0.3, 0.4) is 0 Å². The molecule has 2 atom stereocenters. The fourth-order valence-corrected chi connectivity index (χ4v) is 3.85. The number of Topliss-reactive ketones (excluding diaryl/α,β-unsaturated/α-hetero) is 1. The molecule has 186 valence electrons. The first-order chi connectivity index (χ1) is 16.2. The predicted octanol–water partition coefficient (Wildman–Crippen LogP) is 2.44. The standard InChI is InChI=1S/C25H35N3O6/c1-16(2)12-18(13-17(3)29)24(32)28-22(25(33)26-9-11-34-10-8-23(30)31)14-19-15-27-21-7-5-4-6-20(19)21/h4-7,15-16,18,22,27H,8-14H2,1-3H3,(H,26,33)(H,28,32)(H,30,31)/t18-,22+/m1/s1. The first kappa shape index (κ1) is 27.0. The number of nitrogens with one attached hydrogen (secondary N) is 3.